The molecule has 0 radical (unpaired) electrons. The summed E-state index contributed by atoms with van der Waals surface area (Å²) in [5.74, 6) is -7.85. The molecule has 1 aromatic heterocycles. The molecular formula is C23H19ClF4N2O3. The smallest absolute Gasteiger partial charge is 0.289 e. The van der Waals surface area contributed by atoms with Crippen molar-refractivity contribution in [2.24, 2.45) is 0 Å². The van der Waals surface area contributed by atoms with Crippen molar-refractivity contribution in [2.75, 3.05) is 26.2 Å². The van der Waals surface area contributed by atoms with Crippen LogP contribution >= 0.6 is 11.6 Å². The topological polar surface area (TPSA) is 45.9 Å². The molecule has 0 spiro atoms. The number of rotatable bonds is 6. The second-order valence-electron chi connectivity index (χ2n) is 7.55. The summed E-state index contributed by atoms with van der Waals surface area (Å²) in [4.78, 5) is 16.6. The molecule has 5 nitrogen and oxygen atoms in total. The van der Waals surface area contributed by atoms with Crippen LogP contribution in [-0.2, 0) is 13.2 Å². The van der Waals surface area contributed by atoms with E-state index in [2.05, 4.69) is 4.90 Å². The molecule has 0 aliphatic carbocycles. The van der Waals surface area contributed by atoms with E-state index in [9.17, 15) is 22.4 Å². The molecule has 3 aromatic rings. The van der Waals surface area contributed by atoms with Crippen LogP contribution in [0, 0.1) is 23.3 Å². The first-order chi connectivity index (χ1) is 15.8. The average molecular weight is 483 g/mol. The van der Waals surface area contributed by atoms with E-state index in [1.165, 1.54) is 12.1 Å². The highest BCUT2D eigenvalue weighted by atomic mass is 35.5. The van der Waals surface area contributed by atoms with Crippen molar-refractivity contribution in [2.45, 2.75) is 13.2 Å². The van der Waals surface area contributed by atoms with E-state index in [1.54, 1.807) is 4.90 Å². The first-order valence-corrected chi connectivity index (χ1v) is 10.5. The van der Waals surface area contributed by atoms with Crippen LogP contribution in [0.3, 0.4) is 0 Å². The van der Waals surface area contributed by atoms with Crippen molar-refractivity contribution in [3.05, 3.63) is 87.8 Å². The Kier molecular flexibility index (Phi) is 6.90. The lowest BCUT2D eigenvalue weighted by molar-refractivity contribution is 0.0594. The van der Waals surface area contributed by atoms with E-state index in [4.69, 9.17) is 20.8 Å². The minimum Gasteiger partial charge on any atom is -0.479 e. The fraction of sp³-hybridized carbons (Fsp3) is 0.261. The van der Waals surface area contributed by atoms with Crippen LogP contribution in [0.2, 0.25) is 5.02 Å². The van der Waals surface area contributed by atoms with Gasteiger partial charge in [-0.15, -0.1) is 0 Å². The van der Waals surface area contributed by atoms with E-state index in [0.29, 0.717) is 31.2 Å². The fourth-order valence-corrected chi connectivity index (χ4v) is 3.63. The number of hydrogen-bond donors (Lipinski definition) is 0. The van der Waals surface area contributed by atoms with Crippen LogP contribution in [0.15, 0.2) is 46.9 Å². The Morgan fingerprint density at radius 2 is 1.58 bits per heavy atom. The van der Waals surface area contributed by atoms with Gasteiger partial charge < -0.3 is 14.1 Å². The molecule has 0 atom stereocenters. The predicted octanol–water partition coefficient (Wildman–Crippen LogP) is 5.03. The molecule has 0 N–H and O–H groups in total. The molecule has 2 aromatic carbocycles. The second-order valence-corrected chi connectivity index (χ2v) is 7.98. The molecule has 10 heteroatoms. The maximum Gasteiger partial charge on any atom is 0.289 e. The predicted molar refractivity (Wildman–Crippen MR) is 112 cm³/mol. The zero-order chi connectivity index (χ0) is 23.5. The third kappa shape index (κ3) is 5.31. The maximum atomic E-state index is 13.7. The third-order valence-corrected chi connectivity index (χ3v) is 5.53. The van der Waals surface area contributed by atoms with Crippen LogP contribution in [0.25, 0.3) is 0 Å². The molecule has 174 valence electrons. The van der Waals surface area contributed by atoms with Gasteiger partial charge in [-0.3, -0.25) is 9.69 Å². The molecule has 1 aliphatic heterocycles. The summed E-state index contributed by atoms with van der Waals surface area (Å²) in [5.41, 5.74) is 1.13. The number of halogens is 5. The van der Waals surface area contributed by atoms with Gasteiger partial charge in [0.2, 0.25) is 11.6 Å². The summed E-state index contributed by atoms with van der Waals surface area (Å²) >= 11 is 5.91. The van der Waals surface area contributed by atoms with Gasteiger partial charge in [-0.1, -0.05) is 23.7 Å². The SMILES string of the molecule is O=C(c1ccc(COc2c(F)c(F)cc(F)c2F)o1)N1CCN(Cc2ccc(Cl)cc2)CC1. The first kappa shape index (κ1) is 23.1. The lowest BCUT2D eigenvalue weighted by atomic mass is 10.2. The molecule has 0 saturated carbocycles. The summed E-state index contributed by atoms with van der Waals surface area (Å²) < 4.78 is 64.3. The molecular weight excluding hydrogens is 464 g/mol. The van der Waals surface area contributed by atoms with Gasteiger partial charge in [0, 0.05) is 43.8 Å². The van der Waals surface area contributed by atoms with E-state index < -0.39 is 35.6 Å². The number of nitrogens with zero attached hydrogens (tertiary/aromatic N) is 2. The standard InChI is InChI=1S/C23H19ClF4N2O3/c24-15-3-1-14(2-4-15)12-29-7-9-30(10-8-29)23(31)19-6-5-16(33-19)13-32-22-20(27)17(25)11-18(26)21(22)28/h1-6,11H,7-10,12-13H2. The lowest BCUT2D eigenvalue weighted by Gasteiger charge is -2.34. The van der Waals surface area contributed by atoms with Crippen LogP contribution in [0.4, 0.5) is 17.6 Å². The Morgan fingerprint density at radius 1 is 0.939 bits per heavy atom. The van der Waals surface area contributed by atoms with Gasteiger partial charge in [0.25, 0.3) is 5.91 Å². The summed E-state index contributed by atoms with van der Waals surface area (Å²) in [6.45, 7) is 2.58. The molecule has 2 heterocycles. The molecule has 1 aliphatic rings. The van der Waals surface area contributed by atoms with E-state index >= 15 is 0 Å². The zero-order valence-corrected chi connectivity index (χ0v) is 18.0. The summed E-state index contributed by atoms with van der Waals surface area (Å²) in [6, 6.07) is 10.5. The third-order valence-electron chi connectivity index (χ3n) is 5.28. The summed E-state index contributed by atoms with van der Waals surface area (Å²) in [5, 5.41) is 0.677. The number of furan rings is 1. The lowest BCUT2D eigenvalue weighted by Crippen LogP contribution is -2.48. The number of amides is 1. The second kappa shape index (κ2) is 9.84. The average Bonchev–Trinajstić information content (AvgIpc) is 3.28. The first-order valence-electron chi connectivity index (χ1n) is 10.1. The highest BCUT2D eigenvalue weighted by Gasteiger charge is 2.25. The monoisotopic (exact) mass is 482 g/mol. The Morgan fingerprint density at radius 3 is 2.21 bits per heavy atom. The van der Waals surface area contributed by atoms with Crippen molar-refractivity contribution in [3.8, 4) is 5.75 Å². The normalized spacial score (nSPS) is 14.5. The van der Waals surface area contributed by atoms with Crippen molar-refractivity contribution in [1.29, 1.82) is 0 Å². The maximum absolute atomic E-state index is 13.7. The Balaban J connectivity index is 1.32. The van der Waals surface area contributed by atoms with Crippen molar-refractivity contribution in [3.63, 3.8) is 0 Å². The van der Waals surface area contributed by atoms with Crippen LogP contribution in [0.1, 0.15) is 21.9 Å². The molecule has 0 unspecified atom stereocenters. The fourth-order valence-electron chi connectivity index (χ4n) is 3.50. The largest absolute Gasteiger partial charge is 0.479 e. The van der Waals surface area contributed by atoms with E-state index in [0.717, 1.165) is 12.1 Å². The number of hydrogen-bond acceptors (Lipinski definition) is 4. The van der Waals surface area contributed by atoms with Crippen LogP contribution < -0.4 is 4.74 Å². The molecule has 1 saturated heterocycles. The van der Waals surface area contributed by atoms with Gasteiger partial charge in [0.1, 0.15) is 12.4 Å². The number of carbonyl (C=O) groups is 1. The Hall–Kier alpha value is -3.04. The quantitative estimate of drug-likeness (QED) is 0.365. The van der Waals surface area contributed by atoms with Crippen molar-refractivity contribution < 1.29 is 31.5 Å². The highest BCUT2D eigenvalue weighted by Crippen LogP contribution is 2.27. The summed E-state index contributed by atoms with van der Waals surface area (Å²) in [6.07, 6.45) is 0. The minimum absolute atomic E-state index is 0.0334. The van der Waals surface area contributed by atoms with Gasteiger partial charge in [-0.25, -0.2) is 8.78 Å². The Bertz CT molecular complexity index is 1120. The Labute approximate surface area is 192 Å². The number of benzene rings is 2. The molecule has 33 heavy (non-hydrogen) atoms. The van der Waals surface area contributed by atoms with Gasteiger partial charge >= 0.3 is 0 Å². The van der Waals surface area contributed by atoms with Gasteiger partial charge in [0.05, 0.1) is 0 Å². The van der Waals surface area contributed by atoms with E-state index in [1.807, 2.05) is 24.3 Å². The molecule has 0 bridgehead atoms. The zero-order valence-electron chi connectivity index (χ0n) is 17.3. The van der Waals surface area contributed by atoms with Crippen LogP contribution in [0.5, 0.6) is 5.75 Å². The van der Waals surface area contributed by atoms with Crippen LogP contribution in [-0.4, -0.2) is 41.9 Å². The molecule has 1 fully saturated rings. The minimum atomic E-state index is -1.65. The van der Waals surface area contributed by atoms with Gasteiger partial charge in [-0.05, 0) is 29.8 Å². The van der Waals surface area contributed by atoms with Gasteiger partial charge in [-0.2, -0.15) is 8.78 Å². The van der Waals surface area contributed by atoms with Crippen molar-refractivity contribution in [1.82, 2.24) is 9.80 Å². The number of ether oxygens (including phenoxy) is 1. The van der Waals surface area contributed by atoms with E-state index in [-0.39, 0.29) is 23.5 Å². The van der Waals surface area contributed by atoms with Gasteiger partial charge in [0.15, 0.2) is 23.1 Å². The molecule has 1 amide bonds. The highest BCUT2D eigenvalue weighted by molar-refractivity contribution is 6.30. The van der Waals surface area contributed by atoms with Crippen molar-refractivity contribution >= 4 is 17.5 Å². The summed E-state index contributed by atoms with van der Waals surface area (Å²) in [7, 11) is 0. The molecule has 4 rings (SSSR count). The number of piperazine rings is 1. The number of carbonyl (C=O) groups excluding carboxylic acids is 1.